The summed E-state index contributed by atoms with van der Waals surface area (Å²) in [7, 11) is 3.75. The second-order valence-corrected chi connectivity index (χ2v) is 8.23. The molecule has 2 rings (SSSR count). The van der Waals surface area contributed by atoms with E-state index in [4.69, 9.17) is 10.5 Å². The molecule has 0 saturated carbocycles. The van der Waals surface area contributed by atoms with E-state index in [0.717, 1.165) is 18.4 Å². The first kappa shape index (κ1) is 22.5. The molecule has 3 atom stereocenters. The minimum atomic E-state index is -0.359. The van der Waals surface area contributed by atoms with Crippen LogP contribution in [0.25, 0.3) is 0 Å². The van der Waals surface area contributed by atoms with Crippen molar-refractivity contribution in [3.8, 4) is 0 Å². The Bertz CT molecular complexity index is 708. The Hall–Kier alpha value is -1.82. The predicted molar refractivity (Wildman–Crippen MR) is 112 cm³/mol. The van der Waals surface area contributed by atoms with E-state index in [9.17, 15) is 9.59 Å². The number of carbonyl (C=O) groups is 2. The molecule has 0 radical (unpaired) electrons. The Morgan fingerprint density at radius 1 is 1.18 bits per heavy atom. The van der Waals surface area contributed by atoms with Gasteiger partial charge < -0.3 is 10.5 Å². The van der Waals surface area contributed by atoms with Gasteiger partial charge in [-0.1, -0.05) is 44.2 Å². The Balaban J connectivity index is 2.33. The molecule has 1 aliphatic rings. The maximum Gasteiger partial charge on any atom is 0.310 e. The van der Waals surface area contributed by atoms with Crippen LogP contribution in [-0.4, -0.2) is 54.6 Å². The summed E-state index contributed by atoms with van der Waals surface area (Å²) >= 11 is 0. The highest BCUT2D eigenvalue weighted by molar-refractivity contribution is 5.97. The van der Waals surface area contributed by atoms with Gasteiger partial charge in [-0.15, -0.1) is 0 Å². The van der Waals surface area contributed by atoms with Crippen LogP contribution < -0.4 is 5.73 Å². The van der Waals surface area contributed by atoms with Crippen LogP contribution in [0.5, 0.6) is 0 Å². The van der Waals surface area contributed by atoms with Crippen LogP contribution in [0.4, 0.5) is 0 Å². The summed E-state index contributed by atoms with van der Waals surface area (Å²) in [6.07, 6.45) is 4.22. The molecule has 0 heterocycles. The molecular weight excluding hydrogens is 352 g/mol. The fourth-order valence-electron chi connectivity index (χ4n) is 3.96. The van der Waals surface area contributed by atoms with Crippen molar-refractivity contribution in [2.24, 2.45) is 5.73 Å². The van der Waals surface area contributed by atoms with Crippen molar-refractivity contribution < 1.29 is 18.8 Å². The molecule has 1 amide bonds. The van der Waals surface area contributed by atoms with Crippen molar-refractivity contribution in [2.75, 3.05) is 14.1 Å². The molecule has 2 N–H and O–H groups in total. The minimum absolute atomic E-state index is 0.0334. The molecule has 0 saturated heterocycles. The zero-order valence-corrected chi connectivity index (χ0v) is 17.9. The van der Waals surface area contributed by atoms with E-state index in [1.807, 2.05) is 50.5 Å². The van der Waals surface area contributed by atoms with Crippen molar-refractivity contribution in [1.82, 2.24) is 0 Å². The number of hydrogen-bond donors (Lipinski definition) is 1. The summed E-state index contributed by atoms with van der Waals surface area (Å²) in [5.41, 5.74) is 8.23. The van der Waals surface area contributed by atoms with Crippen molar-refractivity contribution in [1.29, 1.82) is 0 Å². The summed E-state index contributed by atoms with van der Waals surface area (Å²) < 4.78 is 6.50. The van der Waals surface area contributed by atoms with Gasteiger partial charge in [-0.25, -0.2) is 4.79 Å². The van der Waals surface area contributed by atoms with Crippen LogP contribution in [0.15, 0.2) is 42.0 Å². The summed E-state index contributed by atoms with van der Waals surface area (Å²) in [4.78, 5) is 25.2. The third kappa shape index (κ3) is 5.16. The molecule has 1 aromatic rings. The number of benzene rings is 1. The molecule has 0 fully saturated rings. The molecule has 0 spiro atoms. The molecule has 0 aromatic heterocycles. The van der Waals surface area contributed by atoms with Gasteiger partial charge in [0, 0.05) is 6.42 Å². The molecule has 154 valence electrons. The molecule has 1 aromatic carbocycles. The van der Waals surface area contributed by atoms with Gasteiger partial charge in [0.25, 0.3) is 0 Å². The second kappa shape index (κ2) is 9.59. The van der Waals surface area contributed by atoms with Crippen molar-refractivity contribution in [3.63, 3.8) is 0 Å². The maximum atomic E-state index is 12.9. The van der Waals surface area contributed by atoms with E-state index in [1.165, 1.54) is 0 Å². The minimum Gasteiger partial charge on any atom is -0.365 e. The van der Waals surface area contributed by atoms with Gasteiger partial charge in [0.1, 0.15) is 12.1 Å². The van der Waals surface area contributed by atoms with E-state index < -0.39 is 0 Å². The molecule has 0 unspecified atom stereocenters. The largest absolute Gasteiger partial charge is 0.365 e. The van der Waals surface area contributed by atoms with Gasteiger partial charge in [0.15, 0.2) is 5.78 Å². The number of nitrogens with two attached hydrogens (primary N) is 1. The highest BCUT2D eigenvalue weighted by Crippen LogP contribution is 2.30. The smallest absolute Gasteiger partial charge is 0.310 e. The Morgan fingerprint density at radius 2 is 1.79 bits per heavy atom. The number of amides is 1. The molecule has 5 heteroatoms. The first-order chi connectivity index (χ1) is 13.2. The number of nitrogens with zero attached hydrogens (tertiary/aromatic N) is 1. The van der Waals surface area contributed by atoms with Crippen molar-refractivity contribution in [3.05, 3.63) is 47.5 Å². The fourth-order valence-corrected chi connectivity index (χ4v) is 3.96. The Kier molecular flexibility index (Phi) is 7.70. The summed E-state index contributed by atoms with van der Waals surface area (Å²) in [5.74, 6) is 0.109. The van der Waals surface area contributed by atoms with Gasteiger partial charge in [-0.3, -0.25) is 9.28 Å². The first-order valence-electron chi connectivity index (χ1n) is 10.2. The quantitative estimate of drug-likeness (QED) is 0.696. The number of ketones is 1. The molecule has 0 bridgehead atoms. The molecule has 0 aliphatic heterocycles. The van der Waals surface area contributed by atoms with Gasteiger partial charge in [0.05, 0.1) is 33.2 Å². The van der Waals surface area contributed by atoms with Gasteiger partial charge in [0.2, 0.25) is 0 Å². The van der Waals surface area contributed by atoms with Crippen LogP contribution in [0.3, 0.4) is 0 Å². The molecule has 1 aliphatic carbocycles. The lowest BCUT2D eigenvalue weighted by Gasteiger charge is -2.44. The van der Waals surface area contributed by atoms with E-state index in [0.29, 0.717) is 18.4 Å². The summed E-state index contributed by atoms with van der Waals surface area (Å²) in [5, 5.41) is 0. The fraction of sp³-hybridized carbons (Fsp3) is 0.565. The standard InChI is InChI=1S/C23H35N2O3/c1-6-19(7-2)28-22-15-18(21(27)13-17-11-9-8-10-12-17)14-20(24)23(22)25(4,5)16(3)26/h8-12,15,19-20,22-23H,6-7,13-14,24H2,1-5H3/q+1/t20-,22+,23+/m0/s1. The lowest BCUT2D eigenvalue weighted by molar-refractivity contribution is -0.845. The number of carbonyl (C=O) groups excluding carboxylic acids is 2. The van der Waals surface area contributed by atoms with E-state index in [2.05, 4.69) is 13.8 Å². The normalized spacial score (nSPS) is 22.8. The zero-order chi connectivity index (χ0) is 20.9. The van der Waals surface area contributed by atoms with Crippen LogP contribution in [0.1, 0.15) is 45.6 Å². The Labute approximate surface area is 169 Å². The Morgan fingerprint density at radius 3 is 2.32 bits per heavy atom. The third-order valence-corrected chi connectivity index (χ3v) is 5.98. The monoisotopic (exact) mass is 387 g/mol. The number of rotatable bonds is 8. The van der Waals surface area contributed by atoms with Gasteiger partial charge in [-0.05, 0) is 36.5 Å². The second-order valence-electron chi connectivity index (χ2n) is 8.23. The van der Waals surface area contributed by atoms with Crippen molar-refractivity contribution in [2.45, 2.75) is 70.7 Å². The number of ether oxygens (including phenoxy) is 1. The third-order valence-electron chi connectivity index (χ3n) is 5.98. The van der Waals surface area contributed by atoms with Gasteiger partial charge >= 0.3 is 5.91 Å². The predicted octanol–water partition coefficient (Wildman–Crippen LogP) is 3.02. The molecule has 5 nitrogen and oxygen atoms in total. The number of Topliss-reactive ketones (excluding diaryl/α,β-unsaturated/α-hetero) is 1. The molecular formula is C23H35N2O3+. The highest BCUT2D eigenvalue weighted by Gasteiger charge is 2.46. The van der Waals surface area contributed by atoms with Crippen LogP contribution >= 0.6 is 0 Å². The molecule has 28 heavy (non-hydrogen) atoms. The SMILES string of the molecule is CCC(CC)O[C@@H]1C=C(C(=O)Cc2ccccc2)C[C@H](N)[C@H]1[N+](C)(C)C(C)=O. The maximum absolute atomic E-state index is 12.9. The summed E-state index contributed by atoms with van der Waals surface area (Å²) in [6.45, 7) is 5.75. The van der Waals surface area contributed by atoms with E-state index in [1.54, 1.807) is 6.92 Å². The van der Waals surface area contributed by atoms with Crippen LogP contribution in [0.2, 0.25) is 0 Å². The van der Waals surface area contributed by atoms with Crippen LogP contribution in [0, 0.1) is 0 Å². The lowest BCUT2D eigenvalue weighted by atomic mass is 9.83. The number of quaternary nitrogens is 1. The highest BCUT2D eigenvalue weighted by atomic mass is 16.5. The topological polar surface area (TPSA) is 69.4 Å². The zero-order valence-electron chi connectivity index (χ0n) is 17.9. The van der Waals surface area contributed by atoms with E-state index >= 15 is 0 Å². The lowest BCUT2D eigenvalue weighted by Crippen LogP contribution is -2.66. The van der Waals surface area contributed by atoms with Gasteiger partial charge in [-0.2, -0.15) is 0 Å². The number of hydrogen-bond acceptors (Lipinski definition) is 4. The van der Waals surface area contributed by atoms with Crippen LogP contribution in [-0.2, 0) is 20.7 Å². The van der Waals surface area contributed by atoms with E-state index in [-0.39, 0.29) is 40.5 Å². The van der Waals surface area contributed by atoms with Crippen molar-refractivity contribution >= 4 is 11.7 Å². The first-order valence-corrected chi connectivity index (χ1v) is 10.2. The average molecular weight is 388 g/mol. The summed E-state index contributed by atoms with van der Waals surface area (Å²) in [6, 6.07) is 9.19. The average Bonchev–Trinajstić information content (AvgIpc) is 2.66. The number of likely N-dealkylation sites (N-methyl/N-ethyl adjacent to an activating group) is 1.